The van der Waals surface area contributed by atoms with Crippen LogP contribution in [0.15, 0.2) is 0 Å². The van der Waals surface area contributed by atoms with Gasteiger partial charge in [0.15, 0.2) is 0 Å². The van der Waals surface area contributed by atoms with Crippen LogP contribution in [0.25, 0.3) is 0 Å². The summed E-state index contributed by atoms with van der Waals surface area (Å²) in [5.41, 5.74) is 0. The lowest BCUT2D eigenvalue weighted by Gasteiger charge is -2.22. The van der Waals surface area contributed by atoms with E-state index in [-0.39, 0.29) is 25.2 Å². The van der Waals surface area contributed by atoms with E-state index in [4.69, 9.17) is 10.2 Å². The average molecular weight is 388 g/mol. The number of carbonyl (C=O) groups excluding carboxylic acids is 1. The van der Waals surface area contributed by atoms with Crippen LogP contribution in [0, 0.1) is 0 Å². The van der Waals surface area contributed by atoms with Gasteiger partial charge in [-0.3, -0.25) is 9.69 Å². The number of carbonyl (C=O) groups is 1. The quantitative estimate of drug-likeness (QED) is 0.241. The Morgan fingerprint density at radius 1 is 0.889 bits per heavy atom. The molecular formula is C21H45N3O3. The lowest BCUT2D eigenvalue weighted by atomic mass is 10.1. The molecule has 0 bridgehead atoms. The number of rotatable bonds is 20. The molecule has 0 spiro atoms. The van der Waals surface area contributed by atoms with Gasteiger partial charge >= 0.3 is 0 Å². The molecule has 0 fully saturated rings. The Morgan fingerprint density at radius 2 is 1.56 bits per heavy atom. The number of nitrogens with one attached hydrogen (secondary N) is 2. The van der Waals surface area contributed by atoms with Crippen molar-refractivity contribution in [3.63, 3.8) is 0 Å². The summed E-state index contributed by atoms with van der Waals surface area (Å²) in [7, 11) is 0. The first kappa shape index (κ1) is 26.3. The second-order valence-electron chi connectivity index (χ2n) is 7.52. The first-order valence-corrected chi connectivity index (χ1v) is 11.1. The van der Waals surface area contributed by atoms with Gasteiger partial charge in [-0.15, -0.1) is 0 Å². The maximum absolute atomic E-state index is 12.1. The molecule has 0 aliphatic heterocycles. The van der Waals surface area contributed by atoms with E-state index >= 15 is 0 Å². The van der Waals surface area contributed by atoms with Gasteiger partial charge in [0, 0.05) is 45.2 Å². The van der Waals surface area contributed by atoms with Crippen molar-refractivity contribution in [1.82, 2.24) is 15.5 Å². The fraction of sp³-hybridized carbons (Fsp3) is 0.952. The summed E-state index contributed by atoms with van der Waals surface area (Å²) in [4.78, 5) is 14.2. The highest BCUT2D eigenvalue weighted by molar-refractivity contribution is 5.76. The average Bonchev–Trinajstić information content (AvgIpc) is 2.65. The van der Waals surface area contributed by atoms with Gasteiger partial charge in [0.25, 0.3) is 0 Å². The molecule has 0 rings (SSSR count). The van der Waals surface area contributed by atoms with Gasteiger partial charge in [0.1, 0.15) is 0 Å². The zero-order chi connectivity index (χ0) is 20.2. The minimum Gasteiger partial charge on any atom is -0.395 e. The van der Waals surface area contributed by atoms with Crippen molar-refractivity contribution in [2.45, 2.75) is 84.1 Å². The second kappa shape index (κ2) is 20.1. The van der Waals surface area contributed by atoms with Gasteiger partial charge in [-0.25, -0.2) is 0 Å². The summed E-state index contributed by atoms with van der Waals surface area (Å²) in [6.45, 7) is 7.86. The van der Waals surface area contributed by atoms with Crippen LogP contribution in [0.4, 0.5) is 0 Å². The Hall–Kier alpha value is -0.690. The van der Waals surface area contributed by atoms with E-state index in [0.29, 0.717) is 26.1 Å². The normalized spacial score (nSPS) is 12.5. The molecule has 27 heavy (non-hydrogen) atoms. The van der Waals surface area contributed by atoms with Crippen molar-refractivity contribution in [2.75, 3.05) is 45.9 Å². The molecule has 0 saturated heterocycles. The van der Waals surface area contributed by atoms with E-state index in [1.165, 1.54) is 51.4 Å². The Labute approximate surface area is 167 Å². The fourth-order valence-electron chi connectivity index (χ4n) is 3.18. The summed E-state index contributed by atoms with van der Waals surface area (Å²) < 4.78 is 0. The number of nitrogens with zero attached hydrogens (tertiary/aromatic N) is 1. The monoisotopic (exact) mass is 387 g/mol. The molecule has 0 saturated carbocycles. The van der Waals surface area contributed by atoms with Crippen LogP contribution in [0.5, 0.6) is 0 Å². The molecular weight excluding hydrogens is 342 g/mol. The highest BCUT2D eigenvalue weighted by Gasteiger charge is 2.10. The lowest BCUT2D eigenvalue weighted by molar-refractivity contribution is -0.122. The number of aliphatic hydroxyl groups excluding tert-OH is 2. The Kier molecular flexibility index (Phi) is 19.5. The predicted molar refractivity (Wildman–Crippen MR) is 113 cm³/mol. The fourth-order valence-corrected chi connectivity index (χ4v) is 3.18. The van der Waals surface area contributed by atoms with Crippen molar-refractivity contribution in [2.24, 2.45) is 0 Å². The van der Waals surface area contributed by atoms with E-state index in [2.05, 4.69) is 29.4 Å². The van der Waals surface area contributed by atoms with Crippen molar-refractivity contribution in [3.05, 3.63) is 0 Å². The second-order valence-corrected chi connectivity index (χ2v) is 7.52. The minimum absolute atomic E-state index is 0.0910. The van der Waals surface area contributed by atoms with Gasteiger partial charge in [0.05, 0.1) is 13.2 Å². The summed E-state index contributed by atoms with van der Waals surface area (Å²) in [5.74, 6) is 0.0910. The van der Waals surface area contributed by atoms with Gasteiger partial charge < -0.3 is 20.8 Å². The molecule has 6 heteroatoms. The topological polar surface area (TPSA) is 84.8 Å². The predicted octanol–water partition coefficient (Wildman–Crippen LogP) is 2.29. The van der Waals surface area contributed by atoms with E-state index in [9.17, 15) is 4.79 Å². The first-order valence-electron chi connectivity index (χ1n) is 11.1. The van der Waals surface area contributed by atoms with E-state index < -0.39 is 0 Å². The van der Waals surface area contributed by atoms with Crippen molar-refractivity contribution in [1.29, 1.82) is 0 Å². The third-order valence-electron chi connectivity index (χ3n) is 4.86. The molecule has 0 aromatic carbocycles. The van der Waals surface area contributed by atoms with E-state index in [1.54, 1.807) is 0 Å². The molecule has 1 unspecified atom stereocenters. The van der Waals surface area contributed by atoms with E-state index in [0.717, 1.165) is 19.5 Å². The Balaban J connectivity index is 3.72. The smallest absolute Gasteiger partial charge is 0.221 e. The molecule has 0 radical (unpaired) electrons. The zero-order valence-electron chi connectivity index (χ0n) is 17.8. The van der Waals surface area contributed by atoms with E-state index in [1.807, 2.05) is 0 Å². The van der Waals surface area contributed by atoms with Crippen LogP contribution in [-0.4, -0.2) is 73.0 Å². The summed E-state index contributed by atoms with van der Waals surface area (Å²) in [5, 5.41) is 24.1. The highest BCUT2D eigenvalue weighted by Crippen LogP contribution is 2.10. The molecule has 0 aliphatic rings. The van der Waals surface area contributed by atoms with Crippen LogP contribution in [0.1, 0.15) is 78.1 Å². The minimum atomic E-state index is 0.0910. The SMILES string of the molecule is CCCCCCCCCCC(C)NC(=O)CCN(CCO)CCNCCO. The maximum Gasteiger partial charge on any atom is 0.221 e. The number of hydrogen-bond acceptors (Lipinski definition) is 5. The molecule has 162 valence electrons. The van der Waals surface area contributed by atoms with Gasteiger partial charge in [0.2, 0.25) is 5.91 Å². The molecule has 1 amide bonds. The van der Waals surface area contributed by atoms with Crippen LogP contribution in [-0.2, 0) is 4.79 Å². The first-order chi connectivity index (χ1) is 13.1. The number of hydrogen-bond donors (Lipinski definition) is 4. The molecule has 0 aromatic heterocycles. The Bertz CT molecular complexity index is 330. The third-order valence-corrected chi connectivity index (χ3v) is 4.86. The van der Waals surface area contributed by atoms with Gasteiger partial charge in [-0.1, -0.05) is 58.3 Å². The van der Waals surface area contributed by atoms with Crippen LogP contribution in [0.2, 0.25) is 0 Å². The highest BCUT2D eigenvalue weighted by atomic mass is 16.3. The third kappa shape index (κ3) is 18.4. The van der Waals surface area contributed by atoms with Crippen LogP contribution >= 0.6 is 0 Å². The van der Waals surface area contributed by atoms with Crippen LogP contribution < -0.4 is 10.6 Å². The van der Waals surface area contributed by atoms with Crippen molar-refractivity contribution < 1.29 is 15.0 Å². The summed E-state index contributed by atoms with van der Waals surface area (Å²) >= 11 is 0. The Morgan fingerprint density at radius 3 is 2.19 bits per heavy atom. The lowest BCUT2D eigenvalue weighted by Crippen LogP contribution is -2.39. The van der Waals surface area contributed by atoms with Gasteiger partial charge in [-0.2, -0.15) is 0 Å². The summed E-state index contributed by atoms with van der Waals surface area (Å²) in [6.07, 6.45) is 12.0. The molecule has 0 heterocycles. The largest absolute Gasteiger partial charge is 0.395 e. The van der Waals surface area contributed by atoms with Gasteiger partial charge in [-0.05, 0) is 13.3 Å². The maximum atomic E-state index is 12.1. The number of aliphatic hydroxyl groups is 2. The molecule has 0 aliphatic carbocycles. The van der Waals surface area contributed by atoms with Crippen LogP contribution in [0.3, 0.4) is 0 Å². The molecule has 4 N–H and O–H groups in total. The molecule has 0 aromatic rings. The standard InChI is InChI=1S/C21H45N3O3/c1-3-4-5-6-7-8-9-10-11-20(2)23-21(27)12-15-24(17-19-26)16-13-22-14-18-25/h20,22,25-26H,3-19H2,1-2H3,(H,23,27). The number of unbranched alkanes of at least 4 members (excludes halogenated alkanes) is 7. The molecule has 1 atom stereocenters. The van der Waals surface area contributed by atoms with Crippen molar-refractivity contribution >= 4 is 5.91 Å². The van der Waals surface area contributed by atoms with Crippen molar-refractivity contribution in [3.8, 4) is 0 Å². The summed E-state index contributed by atoms with van der Waals surface area (Å²) in [6, 6.07) is 0.232. The zero-order valence-corrected chi connectivity index (χ0v) is 17.8. The number of amides is 1. The molecule has 6 nitrogen and oxygen atoms in total.